The first-order chi connectivity index (χ1) is 5.52. The molecular formula is C7H2Cl2F2O. The number of halogens is 4. The second-order valence-corrected chi connectivity index (χ2v) is 2.78. The molecule has 64 valence electrons. The van der Waals surface area contributed by atoms with Crippen LogP contribution in [0.2, 0.25) is 5.02 Å². The van der Waals surface area contributed by atoms with Crippen molar-refractivity contribution in [1.82, 2.24) is 0 Å². The fourth-order valence-electron chi connectivity index (χ4n) is 0.669. The van der Waals surface area contributed by atoms with Crippen molar-refractivity contribution in [3.63, 3.8) is 0 Å². The zero-order chi connectivity index (χ0) is 9.30. The molecule has 0 saturated carbocycles. The van der Waals surface area contributed by atoms with E-state index in [0.29, 0.717) is 6.07 Å². The van der Waals surface area contributed by atoms with Crippen LogP contribution in [0.15, 0.2) is 12.1 Å². The van der Waals surface area contributed by atoms with Gasteiger partial charge in [0.1, 0.15) is 0 Å². The molecule has 0 saturated heterocycles. The average Bonchev–Trinajstić information content (AvgIpc) is 1.99. The molecular weight excluding hydrogens is 209 g/mol. The Bertz CT molecular complexity index is 315. The van der Waals surface area contributed by atoms with Gasteiger partial charge in [0.25, 0.3) is 5.24 Å². The molecule has 0 fully saturated rings. The summed E-state index contributed by atoms with van der Waals surface area (Å²) in [7, 11) is 0. The summed E-state index contributed by atoms with van der Waals surface area (Å²) in [5.74, 6) is -2.37. The van der Waals surface area contributed by atoms with Crippen LogP contribution < -0.4 is 0 Å². The maximum absolute atomic E-state index is 12.5. The van der Waals surface area contributed by atoms with E-state index in [1.807, 2.05) is 0 Å². The molecule has 0 atom stereocenters. The van der Waals surface area contributed by atoms with E-state index in [0.717, 1.165) is 6.07 Å². The summed E-state index contributed by atoms with van der Waals surface area (Å²) >= 11 is 10.3. The molecule has 0 N–H and O–H groups in total. The summed E-state index contributed by atoms with van der Waals surface area (Å²) in [6, 6.07) is 1.66. The fourth-order valence-corrected chi connectivity index (χ4v) is 0.986. The highest BCUT2D eigenvalue weighted by atomic mass is 35.5. The quantitative estimate of drug-likeness (QED) is 0.515. The van der Waals surface area contributed by atoms with Crippen LogP contribution in [0.5, 0.6) is 0 Å². The molecule has 0 spiro atoms. The molecule has 0 bridgehead atoms. The zero-order valence-electron chi connectivity index (χ0n) is 5.57. The van der Waals surface area contributed by atoms with Crippen LogP contribution in [0, 0.1) is 11.6 Å². The number of carbonyl (C=O) groups is 1. The van der Waals surface area contributed by atoms with Crippen molar-refractivity contribution in [1.29, 1.82) is 0 Å². The van der Waals surface area contributed by atoms with Crippen LogP contribution in [-0.2, 0) is 0 Å². The minimum absolute atomic E-state index is 0.166. The van der Waals surface area contributed by atoms with E-state index in [-0.39, 0.29) is 5.56 Å². The highest BCUT2D eigenvalue weighted by Crippen LogP contribution is 2.20. The van der Waals surface area contributed by atoms with Crippen LogP contribution in [0.4, 0.5) is 8.78 Å². The van der Waals surface area contributed by atoms with Gasteiger partial charge in [-0.25, -0.2) is 8.78 Å². The minimum atomic E-state index is -1.19. The molecule has 0 aliphatic heterocycles. The third kappa shape index (κ3) is 1.73. The second-order valence-electron chi connectivity index (χ2n) is 2.03. The lowest BCUT2D eigenvalue weighted by Gasteiger charge is -1.97. The number of benzene rings is 1. The van der Waals surface area contributed by atoms with Gasteiger partial charge in [0.2, 0.25) is 0 Å². The zero-order valence-corrected chi connectivity index (χ0v) is 7.09. The second kappa shape index (κ2) is 3.37. The lowest BCUT2D eigenvalue weighted by atomic mass is 10.2. The Labute approximate surface area is 76.9 Å². The Morgan fingerprint density at radius 2 is 1.92 bits per heavy atom. The Morgan fingerprint density at radius 3 is 2.33 bits per heavy atom. The predicted octanol–water partition coefficient (Wildman–Crippen LogP) is 3.00. The molecule has 1 aromatic rings. The molecule has 12 heavy (non-hydrogen) atoms. The van der Waals surface area contributed by atoms with Crippen LogP contribution >= 0.6 is 23.2 Å². The predicted molar refractivity (Wildman–Crippen MR) is 41.6 cm³/mol. The van der Waals surface area contributed by atoms with E-state index >= 15 is 0 Å². The van der Waals surface area contributed by atoms with Crippen LogP contribution in [0.25, 0.3) is 0 Å². The van der Waals surface area contributed by atoms with E-state index in [2.05, 4.69) is 0 Å². The average molecular weight is 211 g/mol. The van der Waals surface area contributed by atoms with Crippen molar-refractivity contribution in [2.45, 2.75) is 0 Å². The summed E-state index contributed by atoms with van der Waals surface area (Å²) in [6.07, 6.45) is 0. The van der Waals surface area contributed by atoms with Gasteiger partial charge in [0, 0.05) is 5.56 Å². The summed E-state index contributed by atoms with van der Waals surface area (Å²) in [5.41, 5.74) is -0.166. The third-order valence-electron chi connectivity index (χ3n) is 1.21. The standard InChI is InChI=1S/C7H2Cl2F2O/c8-4-1-3(7(9)12)2-5(10)6(4)11/h1-2H. The summed E-state index contributed by atoms with van der Waals surface area (Å²) in [6.45, 7) is 0. The Hall–Kier alpha value is -0.670. The van der Waals surface area contributed by atoms with Crippen LogP contribution in [0.3, 0.4) is 0 Å². The van der Waals surface area contributed by atoms with E-state index in [4.69, 9.17) is 23.2 Å². The molecule has 0 heterocycles. The van der Waals surface area contributed by atoms with Gasteiger partial charge in [-0.1, -0.05) is 11.6 Å². The number of rotatable bonds is 1. The van der Waals surface area contributed by atoms with E-state index in [1.54, 1.807) is 0 Å². The molecule has 5 heteroatoms. The Balaban J connectivity index is 3.31. The molecule has 1 rings (SSSR count). The summed E-state index contributed by atoms with van der Waals surface area (Å²) in [5, 5.41) is -1.34. The summed E-state index contributed by atoms with van der Waals surface area (Å²) < 4.78 is 25.0. The molecule has 0 aliphatic carbocycles. The van der Waals surface area contributed by atoms with Gasteiger partial charge in [-0.3, -0.25) is 4.79 Å². The fraction of sp³-hybridized carbons (Fsp3) is 0. The normalized spacial score (nSPS) is 10.0. The van der Waals surface area contributed by atoms with Gasteiger partial charge >= 0.3 is 0 Å². The van der Waals surface area contributed by atoms with E-state index in [1.165, 1.54) is 0 Å². The highest BCUT2D eigenvalue weighted by Gasteiger charge is 2.11. The molecule has 1 nitrogen and oxygen atoms in total. The molecule has 0 radical (unpaired) electrons. The lowest BCUT2D eigenvalue weighted by Crippen LogP contribution is -1.93. The van der Waals surface area contributed by atoms with E-state index in [9.17, 15) is 13.6 Å². The Kier molecular flexibility index (Phi) is 2.65. The van der Waals surface area contributed by atoms with Gasteiger partial charge in [-0.05, 0) is 23.7 Å². The maximum Gasteiger partial charge on any atom is 0.252 e. The smallest absolute Gasteiger partial charge is 0.252 e. The largest absolute Gasteiger partial charge is 0.276 e. The van der Waals surface area contributed by atoms with E-state index < -0.39 is 21.9 Å². The van der Waals surface area contributed by atoms with Crippen molar-refractivity contribution >= 4 is 28.4 Å². The Morgan fingerprint density at radius 1 is 1.33 bits per heavy atom. The first-order valence-electron chi connectivity index (χ1n) is 2.86. The minimum Gasteiger partial charge on any atom is -0.276 e. The molecule has 0 aromatic heterocycles. The van der Waals surface area contributed by atoms with Gasteiger partial charge in [-0.15, -0.1) is 0 Å². The van der Waals surface area contributed by atoms with Gasteiger partial charge < -0.3 is 0 Å². The maximum atomic E-state index is 12.5. The number of hydrogen-bond donors (Lipinski definition) is 0. The first kappa shape index (κ1) is 9.42. The van der Waals surface area contributed by atoms with Crippen molar-refractivity contribution in [2.24, 2.45) is 0 Å². The molecule has 1 aromatic carbocycles. The topological polar surface area (TPSA) is 17.1 Å². The third-order valence-corrected chi connectivity index (χ3v) is 1.70. The van der Waals surface area contributed by atoms with Gasteiger partial charge in [-0.2, -0.15) is 0 Å². The van der Waals surface area contributed by atoms with Gasteiger partial charge in [0.15, 0.2) is 11.6 Å². The van der Waals surface area contributed by atoms with Gasteiger partial charge in [0.05, 0.1) is 5.02 Å². The van der Waals surface area contributed by atoms with Crippen molar-refractivity contribution in [3.8, 4) is 0 Å². The van der Waals surface area contributed by atoms with Crippen molar-refractivity contribution < 1.29 is 13.6 Å². The van der Waals surface area contributed by atoms with Crippen LogP contribution in [-0.4, -0.2) is 5.24 Å². The molecule has 0 aliphatic rings. The molecule has 0 unspecified atom stereocenters. The first-order valence-corrected chi connectivity index (χ1v) is 3.62. The van der Waals surface area contributed by atoms with Crippen LogP contribution in [0.1, 0.15) is 10.4 Å². The summed E-state index contributed by atoms with van der Waals surface area (Å²) in [4.78, 5) is 10.5. The van der Waals surface area contributed by atoms with Crippen molar-refractivity contribution in [2.75, 3.05) is 0 Å². The lowest BCUT2D eigenvalue weighted by molar-refractivity contribution is 0.108. The number of hydrogen-bond acceptors (Lipinski definition) is 1. The van der Waals surface area contributed by atoms with Crippen molar-refractivity contribution in [3.05, 3.63) is 34.4 Å². The number of carbonyl (C=O) groups excluding carboxylic acids is 1. The molecule has 0 amide bonds. The highest BCUT2D eigenvalue weighted by molar-refractivity contribution is 6.67. The monoisotopic (exact) mass is 210 g/mol. The SMILES string of the molecule is O=C(Cl)c1cc(F)c(F)c(Cl)c1.